The number of aromatic nitrogens is 4. The number of hydrogen-bond acceptors (Lipinski definition) is 6. The number of hydrogen-bond donors (Lipinski definition) is 1. The van der Waals surface area contributed by atoms with E-state index in [1.807, 2.05) is 18.5 Å². The number of imidazole rings is 1. The Bertz CT molecular complexity index is 711. The highest BCUT2D eigenvalue weighted by Crippen LogP contribution is 2.34. The zero-order chi connectivity index (χ0) is 16.5. The van der Waals surface area contributed by atoms with Crippen LogP contribution in [0.25, 0.3) is 0 Å². The fourth-order valence-corrected chi connectivity index (χ4v) is 3.87. The molecule has 0 aromatic carbocycles. The van der Waals surface area contributed by atoms with Gasteiger partial charge in [0.25, 0.3) is 0 Å². The lowest BCUT2D eigenvalue weighted by Gasteiger charge is -2.33. The smallest absolute Gasteiger partial charge is 0.191 e. The van der Waals surface area contributed by atoms with Crippen molar-refractivity contribution in [1.29, 1.82) is 0 Å². The molecule has 6 nitrogen and oxygen atoms in total. The molecule has 1 saturated carbocycles. The van der Waals surface area contributed by atoms with E-state index in [9.17, 15) is 0 Å². The van der Waals surface area contributed by atoms with Gasteiger partial charge in [-0.15, -0.1) is 0 Å². The molecule has 128 valence electrons. The summed E-state index contributed by atoms with van der Waals surface area (Å²) in [5.41, 5.74) is 5.95. The van der Waals surface area contributed by atoms with Crippen molar-refractivity contribution in [1.82, 2.24) is 19.5 Å². The number of nitrogens with zero attached hydrogens (tertiary/aromatic N) is 5. The molecule has 0 bridgehead atoms. The summed E-state index contributed by atoms with van der Waals surface area (Å²) in [6.45, 7) is 3.10. The predicted octanol–water partition coefficient (Wildman–Crippen LogP) is 2.77. The molecule has 1 aliphatic carbocycles. The van der Waals surface area contributed by atoms with Crippen LogP contribution in [0.4, 0.5) is 11.6 Å². The molecule has 24 heavy (non-hydrogen) atoms. The second kappa shape index (κ2) is 6.63. The normalized spacial score (nSPS) is 21.2. The van der Waals surface area contributed by atoms with E-state index in [0.29, 0.717) is 11.7 Å². The Morgan fingerprint density at radius 1 is 1.29 bits per heavy atom. The van der Waals surface area contributed by atoms with E-state index >= 15 is 0 Å². The largest absolute Gasteiger partial charge is 0.383 e. The van der Waals surface area contributed by atoms with Gasteiger partial charge in [0.1, 0.15) is 17.5 Å². The van der Waals surface area contributed by atoms with Gasteiger partial charge in [-0.05, 0) is 37.9 Å². The standard InChI is InChI=1S/C17H24N6S/c1-24-17-20-14(18)9-15(21-17)22-7-2-3-13(11-22)16-19-6-8-23(16)10-12-4-5-12/h6,8-9,12-13H,2-5,7,10-11H2,1H3,(H2,18,20,21)/t13-/m1/s1. The summed E-state index contributed by atoms with van der Waals surface area (Å²) in [4.78, 5) is 15.9. The Kier molecular flexibility index (Phi) is 4.35. The molecule has 1 saturated heterocycles. The van der Waals surface area contributed by atoms with E-state index < -0.39 is 0 Å². The van der Waals surface area contributed by atoms with E-state index in [1.54, 1.807) is 0 Å². The van der Waals surface area contributed by atoms with Gasteiger partial charge in [-0.2, -0.15) is 0 Å². The van der Waals surface area contributed by atoms with E-state index in [-0.39, 0.29) is 0 Å². The molecular formula is C17H24N6S. The van der Waals surface area contributed by atoms with E-state index in [4.69, 9.17) is 5.73 Å². The monoisotopic (exact) mass is 344 g/mol. The van der Waals surface area contributed by atoms with Crippen molar-refractivity contribution in [3.05, 3.63) is 24.3 Å². The Balaban J connectivity index is 1.53. The average molecular weight is 344 g/mol. The third-order valence-corrected chi connectivity index (χ3v) is 5.45. The van der Waals surface area contributed by atoms with Crippen LogP contribution in [-0.2, 0) is 6.54 Å². The molecule has 2 aromatic heterocycles. The van der Waals surface area contributed by atoms with Gasteiger partial charge in [-0.1, -0.05) is 11.8 Å². The molecule has 2 N–H and O–H groups in total. The van der Waals surface area contributed by atoms with Crippen molar-refractivity contribution < 1.29 is 0 Å². The minimum atomic E-state index is 0.460. The summed E-state index contributed by atoms with van der Waals surface area (Å²) in [6, 6.07) is 1.89. The molecule has 0 radical (unpaired) electrons. The van der Waals surface area contributed by atoms with Crippen molar-refractivity contribution in [3.63, 3.8) is 0 Å². The Hall–Kier alpha value is -1.76. The van der Waals surface area contributed by atoms with Crippen LogP contribution in [0.3, 0.4) is 0 Å². The Morgan fingerprint density at radius 3 is 2.96 bits per heavy atom. The first-order valence-electron chi connectivity index (χ1n) is 8.67. The number of thioether (sulfide) groups is 1. The third-order valence-electron chi connectivity index (χ3n) is 4.90. The maximum atomic E-state index is 5.95. The molecule has 2 aromatic rings. The second-order valence-electron chi connectivity index (χ2n) is 6.80. The fraction of sp³-hybridized carbons (Fsp3) is 0.588. The van der Waals surface area contributed by atoms with Crippen molar-refractivity contribution in [3.8, 4) is 0 Å². The minimum absolute atomic E-state index is 0.460. The fourth-order valence-electron chi connectivity index (χ4n) is 3.49. The first-order chi connectivity index (χ1) is 11.7. The Morgan fingerprint density at radius 2 is 2.17 bits per heavy atom. The van der Waals surface area contributed by atoms with Crippen LogP contribution in [0.5, 0.6) is 0 Å². The Labute approximate surface area is 146 Å². The molecule has 0 amide bonds. The van der Waals surface area contributed by atoms with Crippen molar-refractivity contribution in [2.75, 3.05) is 30.0 Å². The molecular weight excluding hydrogens is 320 g/mol. The molecule has 3 heterocycles. The number of nitrogens with two attached hydrogens (primary N) is 1. The topological polar surface area (TPSA) is 72.9 Å². The highest BCUT2D eigenvalue weighted by molar-refractivity contribution is 7.98. The maximum absolute atomic E-state index is 5.95. The molecule has 1 aliphatic heterocycles. The molecule has 0 spiro atoms. The second-order valence-corrected chi connectivity index (χ2v) is 7.58. The number of rotatable bonds is 5. The summed E-state index contributed by atoms with van der Waals surface area (Å²) in [6.07, 6.45) is 11.1. The van der Waals surface area contributed by atoms with Crippen LogP contribution >= 0.6 is 11.8 Å². The molecule has 1 atom stereocenters. The molecule has 4 rings (SSSR count). The lowest BCUT2D eigenvalue weighted by atomic mass is 9.97. The molecule has 2 fully saturated rings. The van der Waals surface area contributed by atoms with Crippen LogP contribution < -0.4 is 10.6 Å². The van der Waals surface area contributed by atoms with Gasteiger partial charge in [0, 0.05) is 44.0 Å². The van der Waals surface area contributed by atoms with Crippen molar-refractivity contribution in [2.24, 2.45) is 5.92 Å². The average Bonchev–Trinajstić information content (AvgIpc) is 3.29. The van der Waals surface area contributed by atoms with E-state index in [0.717, 1.165) is 42.9 Å². The van der Waals surface area contributed by atoms with Gasteiger partial charge in [0.2, 0.25) is 0 Å². The van der Waals surface area contributed by atoms with Gasteiger partial charge in [0.05, 0.1) is 0 Å². The van der Waals surface area contributed by atoms with E-state index in [1.165, 1.54) is 36.8 Å². The summed E-state index contributed by atoms with van der Waals surface area (Å²) < 4.78 is 2.37. The zero-order valence-corrected chi connectivity index (χ0v) is 14.9. The van der Waals surface area contributed by atoms with Gasteiger partial charge in [0.15, 0.2) is 5.16 Å². The van der Waals surface area contributed by atoms with Crippen LogP contribution in [-0.4, -0.2) is 38.9 Å². The van der Waals surface area contributed by atoms with Crippen LogP contribution in [0, 0.1) is 5.92 Å². The van der Waals surface area contributed by atoms with Crippen molar-refractivity contribution >= 4 is 23.4 Å². The van der Waals surface area contributed by atoms with Crippen LogP contribution in [0.1, 0.15) is 37.4 Å². The predicted molar refractivity (Wildman–Crippen MR) is 97.4 cm³/mol. The summed E-state index contributed by atoms with van der Waals surface area (Å²) in [5.74, 6) is 4.04. The highest BCUT2D eigenvalue weighted by atomic mass is 32.2. The molecule has 7 heteroatoms. The molecule has 2 aliphatic rings. The number of nitrogen functional groups attached to an aromatic ring is 1. The highest BCUT2D eigenvalue weighted by Gasteiger charge is 2.28. The molecule has 0 unspecified atom stereocenters. The quantitative estimate of drug-likeness (QED) is 0.664. The van der Waals surface area contributed by atoms with Gasteiger partial charge < -0.3 is 15.2 Å². The minimum Gasteiger partial charge on any atom is -0.383 e. The van der Waals surface area contributed by atoms with Gasteiger partial charge >= 0.3 is 0 Å². The first-order valence-corrected chi connectivity index (χ1v) is 9.90. The first kappa shape index (κ1) is 15.7. The number of piperidine rings is 1. The zero-order valence-electron chi connectivity index (χ0n) is 14.1. The SMILES string of the molecule is CSc1nc(N)cc(N2CCC[C@@H](c3nccn3CC3CC3)C2)n1. The van der Waals surface area contributed by atoms with Gasteiger partial charge in [-0.25, -0.2) is 15.0 Å². The summed E-state index contributed by atoms with van der Waals surface area (Å²) >= 11 is 1.53. The number of anilines is 2. The van der Waals surface area contributed by atoms with Gasteiger partial charge in [-0.3, -0.25) is 0 Å². The maximum Gasteiger partial charge on any atom is 0.191 e. The van der Waals surface area contributed by atoms with Crippen molar-refractivity contribution in [2.45, 2.75) is 43.3 Å². The van der Waals surface area contributed by atoms with E-state index in [2.05, 4.69) is 30.6 Å². The van der Waals surface area contributed by atoms with Crippen LogP contribution in [0.15, 0.2) is 23.6 Å². The summed E-state index contributed by atoms with van der Waals surface area (Å²) in [5, 5.41) is 0.738. The lowest BCUT2D eigenvalue weighted by Crippen LogP contribution is -2.36. The van der Waals surface area contributed by atoms with Crippen LogP contribution in [0.2, 0.25) is 0 Å². The lowest BCUT2D eigenvalue weighted by molar-refractivity contribution is 0.461. The summed E-state index contributed by atoms with van der Waals surface area (Å²) in [7, 11) is 0. The third kappa shape index (κ3) is 3.36.